The van der Waals surface area contributed by atoms with E-state index in [1.54, 1.807) is 13.8 Å². The highest BCUT2D eigenvalue weighted by molar-refractivity contribution is 8.13. The van der Waals surface area contributed by atoms with E-state index in [2.05, 4.69) is 10.0 Å². The van der Waals surface area contributed by atoms with Gasteiger partial charge in [0, 0.05) is 16.4 Å². The molecule has 0 saturated heterocycles. The first-order chi connectivity index (χ1) is 10.6. The number of thioether (sulfide) groups is 1. The monoisotopic (exact) mass is 341 g/mol. The molecule has 0 aliphatic heterocycles. The second-order valence-corrected chi connectivity index (χ2v) is 6.69. The third kappa shape index (κ3) is 4.30. The fraction of sp³-hybridized carbons (Fsp3) is 0.467. The van der Waals surface area contributed by atoms with Gasteiger partial charge in [0.25, 0.3) is 5.91 Å². The molecule has 0 spiro atoms. The van der Waals surface area contributed by atoms with Crippen LogP contribution in [0.25, 0.3) is 10.4 Å². The van der Waals surface area contributed by atoms with Crippen molar-refractivity contribution in [2.75, 3.05) is 0 Å². The molecule has 124 valence electrons. The zero-order valence-corrected chi connectivity index (χ0v) is 14.1. The second kappa shape index (κ2) is 7.57. The summed E-state index contributed by atoms with van der Waals surface area (Å²) in [6.45, 7) is 7.36. The highest BCUT2D eigenvalue weighted by atomic mass is 32.2. The van der Waals surface area contributed by atoms with E-state index in [0.29, 0.717) is 17.8 Å². The Morgan fingerprint density at radius 3 is 2.48 bits per heavy atom. The van der Waals surface area contributed by atoms with Crippen LogP contribution in [0.5, 0.6) is 0 Å². The number of carbonyl (C=O) groups excluding carboxylic acids is 2. The van der Waals surface area contributed by atoms with Gasteiger partial charge in [0.15, 0.2) is 5.12 Å². The van der Waals surface area contributed by atoms with Gasteiger partial charge in [-0.3, -0.25) is 9.59 Å². The number of carbonyl (C=O) groups is 2. The highest BCUT2D eigenvalue weighted by Crippen LogP contribution is 2.38. The van der Waals surface area contributed by atoms with Crippen LogP contribution in [0.3, 0.4) is 0 Å². The topological polar surface area (TPSA) is 82.9 Å². The van der Waals surface area contributed by atoms with Gasteiger partial charge in [0.05, 0.1) is 10.5 Å². The normalized spacial score (nSPS) is 12.4. The van der Waals surface area contributed by atoms with Crippen molar-refractivity contribution in [3.8, 4) is 0 Å². The molecular weight excluding hydrogens is 324 g/mol. The molecule has 1 atom stereocenters. The van der Waals surface area contributed by atoms with Crippen LogP contribution in [0.1, 0.15) is 44.5 Å². The number of hydrogen-bond acceptors (Lipinski definition) is 3. The number of benzene rings is 1. The van der Waals surface area contributed by atoms with Crippen molar-refractivity contribution in [2.45, 2.75) is 39.0 Å². The molecule has 8 heteroatoms. The van der Waals surface area contributed by atoms with Gasteiger partial charge in [-0.1, -0.05) is 34.1 Å². The molecule has 1 amide bonds. The number of halogens is 2. The van der Waals surface area contributed by atoms with Gasteiger partial charge in [0.1, 0.15) is 11.6 Å². The van der Waals surface area contributed by atoms with Crippen molar-refractivity contribution < 1.29 is 18.4 Å². The van der Waals surface area contributed by atoms with Crippen molar-refractivity contribution in [1.29, 1.82) is 0 Å². The van der Waals surface area contributed by atoms with E-state index in [0.717, 1.165) is 12.5 Å². The molecule has 0 radical (unpaired) electrons. The molecule has 1 aromatic carbocycles. The van der Waals surface area contributed by atoms with Crippen LogP contribution in [0.2, 0.25) is 0 Å². The predicted octanol–water partition coefficient (Wildman–Crippen LogP) is 5.11. The van der Waals surface area contributed by atoms with Crippen molar-refractivity contribution >= 4 is 22.8 Å². The summed E-state index contributed by atoms with van der Waals surface area (Å²) in [6, 6.07) is 1.41. The number of hydrogen-bond donors (Lipinski definition) is 0. The van der Waals surface area contributed by atoms with Crippen LogP contribution in [0, 0.1) is 23.0 Å². The molecule has 0 aliphatic carbocycles. The first-order valence-corrected chi connectivity index (χ1v) is 7.77. The van der Waals surface area contributed by atoms with E-state index in [9.17, 15) is 18.4 Å². The molecule has 1 unspecified atom stereocenters. The zero-order chi connectivity index (χ0) is 17.8. The maximum Gasteiger partial charge on any atom is 0.252 e. The van der Waals surface area contributed by atoms with E-state index in [1.807, 2.05) is 13.8 Å². The van der Waals surface area contributed by atoms with Gasteiger partial charge in [0.2, 0.25) is 0 Å². The number of nitrogens with zero attached hydrogens (tertiary/aromatic N) is 3. The molecule has 0 saturated carbocycles. The van der Waals surface area contributed by atoms with Crippen LogP contribution in [-0.2, 0) is 4.79 Å². The van der Waals surface area contributed by atoms with Crippen molar-refractivity contribution in [2.24, 2.45) is 16.4 Å². The molecule has 1 rings (SSSR count). The molecule has 1 aromatic rings. The SMILES string of the molecule is CCC(C)C(C)(C)C(=O)Sc1cc(C(=O)N=[N+]=[N-])c(F)cc1F. The standard InChI is InChI=1S/C15H17F2N3O2S/c1-5-8(2)15(3,4)14(22)23-12-6-9(13(21)19-20-18)10(16)7-11(12)17/h6-8H,5H2,1-4H3. The third-order valence-corrected chi connectivity index (χ3v) is 5.20. The average molecular weight is 341 g/mol. The van der Waals surface area contributed by atoms with Crippen LogP contribution in [0.15, 0.2) is 22.1 Å². The third-order valence-electron chi connectivity index (χ3n) is 3.96. The van der Waals surface area contributed by atoms with Crippen molar-refractivity contribution in [1.82, 2.24) is 0 Å². The number of rotatable bonds is 5. The minimum absolute atomic E-state index is 0.0651. The summed E-state index contributed by atoms with van der Waals surface area (Å²) in [5.41, 5.74) is 6.95. The fourth-order valence-electron chi connectivity index (χ4n) is 1.81. The van der Waals surface area contributed by atoms with Gasteiger partial charge >= 0.3 is 0 Å². The van der Waals surface area contributed by atoms with E-state index < -0.39 is 28.5 Å². The van der Waals surface area contributed by atoms with Crippen molar-refractivity contribution in [3.05, 3.63) is 39.8 Å². The maximum absolute atomic E-state index is 13.9. The molecule has 5 nitrogen and oxygen atoms in total. The Balaban J connectivity index is 3.19. The molecule has 0 fully saturated rings. The van der Waals surface area contributed by atoms with Gasteiger partial charge in [-0.25, -0.2) is 8.78 Å². The second-order valence-electron chi connectivity index (χ2n) is 5.68. The molecule has 0 heterocycles. The minimum atomic E-state index is -1.17. The Hall–Kier alpha value is -1.92. The summed E-state index contributed by atoms with van der Waals surface area (Å²) in [4.78, 5) is 26.0. The molecule has 23 heavy (non-hydrogen) atoms. The van der Waals surface area contributed by atoms with Crippen LogP contribution >= 0.6 is 11.8 Å². The van der Waals surface area contributed by atoms with Gasteiger partial charge in [-0.2, -0.15) is 0 Å². The lowest BCUT2D eigenvalue weighted by Crippen LogP contribution is -2.29. The lowest BCUT2D eigenvalue weighted by Gasteiger charge is -2.29. The quantitative estimate of drug-likeness (QED) is 0.323. The van der Waals surface area contributed by atoms with Crippen LogP contribution < -0.4 is 0 Å². The molecular formula is C15H17F2N3O2S. The molecule has 0 bridgehead atoms. The Morgan fingerprint density at radius 2 is 1.96 bits per heavy atom. The Kier molecular flexibility index (Phi) is 6.29. The number of amides is 1. The van der Waals surface area contributed by atoms with Crippen molar-refractivity contribution in [3.63, 3.8) is 0 Å². The van der Waals surface area contributed by atoms with E-state index in [4.69, 9.17) is 5.53 Å². The molecule has 0 N–H and O–H groups in total. The smallest absolute Gasteiger partial charge is 0.252 e. The Labute approximate surface area is 137 Å². The van der Waals surface area contributed by atoms with Gasteiger partial charge in [-0.05, 0) is 34.4 Å². The lowest BCUT2D eigenvalue weighted by molar-refractivity contribution is -0.120. The minimum Gasteiger partial charge on any atom is -0.287 e. The van der Waals surface area contributed by atoms with Gasteiger partial charge in [-0.15, -0.1) is 0 Å². The molecule has 0 aliphatic rings. The summed E-state index contributed by atoms with van der Waals surface area (Å²) in [7, 11) is 0. The van der Waals surface area contributed by atoms with Crippen LogP contribution in [0.4, 0.5) is 8.78 Å². The summed E-state index contributed by atoms with van der Waals surface area (Å²) in [6.07, 6.45) is 0.770. The molecule has 0 aromatic heterocycles. The van der Waals surface area contributed by atoms with E-state index in [1.165, 1.54) is 0 Å². The highest BCUT2D eigenvalue weighted by Gasteiger charge is 2.34. The number of azide groups is 1. The van der Waals surface area contributed by atoms with Crippen LogP contribution in [-0.4, -0.2) is 11.0 Å². The summed E-state index contributed by atoms with van der Waals surface area (Å²) in [5.74, 6) is -3.19. The van der Waals surface area contributed by atoms with Gasteiger partial charge < -0.3 is 0 Å². The largest absolute Gasteiger partial charge is 0.287 e. The summed E-state index contributed by atoms with van der Waals surface area (Å²) < 4.78 is 27.5. The Bertz CT molecular complexity index is 686. The van der Waals surface area contributed by atoms with E-state index >= 15 is 0 Å². The summed E-state index contributed by atoms with van der Waals surface area (Å²) in [5, 5.41) is 2.49. The average Bonchev–Trinajstić information content (AvgIpc) is 2.48. The predicted molar refractivity (Wildman–Crippen MR) is 83.9 cm³/mol. The first-order valence-electron chi connectivity index (χ1n) is 6.95. The van der Waals surface area contributed by atoms with E-state index in [-0.39, 0.29) is 15.9 Å². The fourth-order valence-corrected chi connectivity index (χ4v) is 2.81. The zero-order valence-electron chi connectivity index (χ0n) is 13.3. The maximum atomic E-state index is 13.9. The lowest BCUT2D eigenvalue weighted by atomic mass is 9.80. The Morgan fingerprint density at radius 1 is 1.35 bits per heavy atom. The summed E-state index contributed by atoms with van der Waals surface area (Å²) >= 11 is 0.612. The first kappa shape index (κ1) is 19.1.